The number of amides is 3. The molecule has 0 aliphatic rings. The minimum atomic E-state index is -1.29. The van der Waals surface area contributed by atoms with E-state index in [1.54, 1.807) is 26.0 Å². The molecule has 1 heterocycles. The quantitative estimate of drug-likeness (QED) is 0.206. The van der Waals surface area contributed by atoms with Crippen molar-refractivity contribution in [3.05, 3.63) is 48.0 Å². The number of phenolic OH excluding ortho intramolecular Hbond substituents is 1. The Morgan fingerprint density at radius 1 is 0.943 bits per heavy atom. The number of rotatable bonds is 12. The fourth-order valence-electron chi connectivity index (χ4n) is 3.25. The SMILES string of the molecule is CC(N)C(=O)NC(C(=O)NC(Cc1cnc[nH]1)C(=O)NC(Cc1ccc(O)cc1)C(=O)O)C(C)C. The average molecular weight is 489 g/mol. The van der Waals surface area contributed by atoms with E-state index >= 15 is 0 Å². The van der Waals surface area contributed by atoms with E-state index in [1.807, 2.05) is 0 Å². The number of aromatic nitrogens is 2. The zero-order chi connectivity index (χ0) is 26.1. The van der Waals surface area contributed by atoms with Gasteiger partial charge in [0.2, 0.25) is 17.7 Å². The standard InChI is InChI=1S/C23H32N6O6/c1-12(2)19(29-20(31)13(3)24)22(33)27-17(9-15-10-25-11-26-15)21(32)28-18(23(34)35)8-14-4-6-16(30)7-5-14/h4-7,10-13,17-19,30H,8-9,24H2,1-3H3,(H,25,26)(H,27,33)(H,28,32)(H,29,31)(H,34,35). The van der Waals surface area contributed by atoms with Crippen molar-refractivity contribution >= 4 is 23.7 Å². The van der Waals surface area contributed by atoms with Crippen LogP contribution in [0.2, 0.25) is 0 Å². The molecule has 1 aromatic heterocycles. The molecule has 35 heavy (non-hydrogen) atoms. The monoisotopic (exact) mass is 488 g/mol. The number of nitrogens with two attached hydrogens (primary N) is 1. The van der Waals surface area contributed by atoms with Crippen molar-refractivity contribution in [2.75, 3.05) is 0 Å². The van der Waals surface area contributed by atoms with Crippen LogP contribution in [0.3, 0.4) is 0 Å². The van der Waals surface area contributed by atoms with E-state index in [1.165, 1.54) is 31.6 Å². The van der Waals surface area contributed by atoms with Gasteiger partial charge < -0.3 is 36.9 Å². The molecule has 3 amide bonds. The molecule has 12 heteroatoms. The highest BCUT2D eigenvalue weighted by Gasteiger charge is 2.31. The van der Waals surface area contributed by atoms with Crippen LogP contribution < -0.4 is 21.7 Å². The van der Waals surface area contributed by atoms with E-state index in [9.17, 15) is 29.4 Å². The fourth-order valence-corrected chi connectivity index (χ4v) is 3.25. The Labute approximate surface area is 202 Å². The second-order valence-corrected chi connectivity index (χ2v) is 8.63. The van der Waals surface area contributed by atoms with Crippen LogP contribution in [-0.2, 0) is 32.0 Å². The Hall–Kier alpha value is -3.93. The average Bonchev–Trinajstić information content (AvgIpc) is 3.30. The van der Waals surface area contributed by atoms with Crippen LogP contribution in [0, 0.1) is 5.92 Å². The van der Waals surface area contributed by atoms with Gasteiger partial charge in [-0.15, -0.1) is 0 Å². The van der Waals surface area contributed by atoms with Crippen molar-refractivity contribution in [1.82, 2.24) is 25.9 Å². The number of phenols is 1. The summed E-state index contributed by atoms with van der Waals surface area (Å²) in [6.45, 7) is 4.95. The first kappa shape index (κ1) is 27.3. The second kappa shape index (κ2) is 12.5. The van der Waals surface area contributed by atoms with Crippen molar-refractivity contribution in [2.24, 2.45) is 11.7 Å². The van der Waals surface area contributed by atoms with Gasteiger partial charge in [0.15, 0.2) is 0 Å². The summed E-state index contributed by atoms with van der Waals surface area (Å²) in [6, 6.07) is 1.71. The zero-order valence-corrected chi connectivity index (χ0v) is 19.8. The Bertz CT molecular complexity index is 1010. The molecular formula is C23H32N6O6. The number of carboxylic acids is 1. The van der Waals surface area contributed by atoms with E-state index in [0.29, 0.717) is 11.3 Å². The number of imidazole rings is 1. The summed E-state index contributed by atoms with van der Waals surface area (Å²) in [5.41, 5.74) is 6.72. The van der Waals surface area contributed by atoms with Gasteiger partial charge in [0, 0.05) is 24.7 Å². The fraction of sp³-hybridized carbons (Fsp3) is 0.435. The van der Waals surface area contributed by atoms with Crippen LogP contribution in [-0.4, -0.2) is 68.0 Å². The number of benzene rings is 1. The molecular weight excluding hydrogens is 456 g/mol. The topological polar surface area (TPSA) is 200 Å². The lowest BCUT2D eigenvalue weighted by molar-refractivity contribution is -0.142. The number of aliphatic carboxylic acids is 1. The smallest absolute Gasteiger partial charge is 0.326 e. The maximum atomic E-state index is 13.1. The van der Waals surface area contributed by atoms with Crippen LogP contribution in [0.15, 0.2) is 36.8 Å². The molecule has 0 bridgehead atoms. The van der Waals surface area contributed by atoms with Gasteiger partial charge in [-0.3, -0.25) is 14.4 Å². The maximum Gasteiger partial charge on any atom is 0.326 e. The minimum absolute atomic E-state index is 0.00910. The second-order valence-electron chi connectivity index (χ2n) is 8.63. The number of nitrogens with zero attached hydrogens (tertiary/aromatic N) is 1. The lowest BCUT2D eigenvalue weighted by Gasteiger charge is -2.26. The number of carbonyl (C=O) groups excluding carboxylic acids is 3. The number of hydrogen-bond acceptors (Lipinski definition) is 7. The molecule has 0 fully saturated rings. The van der Waals surface area contributed by atoms with E-state index in [2.05, 4.69) is 25.9 Å². The van der Waals surface area contributed by atoms with Gasteiger partial charge in [0.1, 0.15) is 23.9 Å². The van der Waals surface area contributed by atoms with Crippen LogP contribution >= 0.6 is 0 Å². The summed E-state index contributed by atoms with van der Waals surface area (Å²) in [6.07, 6.45) is 2.87. The van der Waals surface area contributed by atoms with Crippen LogP contribution in [0.4, 0.5) is 0 Å². The molecule has 0 radical (unpaired) electrons. The van der Waals surface area contributed by atoms with Crippen LogP contribution in [0.25, 0.3) is 0 Å². The Morgan fingerprint density at radius 3 is 2.09 bits per heavy atom. The van der Waals surface area contributed by atoms with E-state index in [4.69, 9.17) is 5.73 Å². The summed E-state index contributed by atoms with van der Waals surface area (Å²) >= 11 is 0. The van der Waals surface area contributed by atoms with Gasteiger partial charge in [-0.25, -0.2) is 9.78 Å². The maximum absolute atomic E-state index is 13.1. The van der Waals surface area contributed by atoms with Gasteiger partial charge in [-0.2, -0.15) is 0 Å². The summed E-state index contributed by atoms with van der Waals surface area (Å²) in [5.74, 6) is -3.40. The van der Waals surface area contributed by atoms with Gasteiger partial charge in [-0.05, 0) is 30.5 Å². The highest BCUT2D eigenvalue weighted by atomic mass is 16.4. The molecule has 1 aromatic carbocycles. The van der Waals surface area contributed by atoms with Crippen LogP contribution in [0.1, 0.15) is 32.0 Å². The summed E-state index contributed by atoms with van der Waals surface area (Å²) in [7, 11) is 0. The predicted octanol–water partition coefficient (Wildman–Crippen LogP) is -0.557. The molecule has 2 aromatic rings. The van der Waals surface area contributed by atoms with Crippen molar-refractivity contribution in [2.45, 2.75) is 57.8 Å². The predicted molar refractivity (Wildman–Crippen MR) is 126 cm³/mol. The van der Waals surface area contributed by atoms with E-state index < -0.39 is 47.9 Å². The summed E-state index contributed by atoms with van der Waals surface area (Å²) in [5, 5.41) is 26.7. The number of H-pyrrole nitrogens is 1. The third-order valence-corrected chi connectivity index (χ3v) is 5.26. The Morgan fingerprint density at radius 2 is 1.57 bits per heavy atom. The Balaban J connectivity index is 2.20. The Kier molecular flexibility index (Phi) is 9.76. The number of aromatic hydroxyl groups is 1. The molecule has 0 saturated heterocycles. The molecule has 12 nitrogen and oxygen atoms in total. The van der Waals surface area contributed by atoms with Crippen molar-refractivity contribution in [3.63, 3.8) is 0 Å². The van der Waals surface area contributed by atoms with Gasteiger partial charge in [0.05, 0.1) is 12.4 Å². The minimum Gasteiger partial charge on any atom is -0.508 e. The number of nitrogens with one attached hydrogen (secondary N) is 4. The molecule has 2 rings (SSSR count). The lowest BCUT2D eigenvalue weighted by atomic mass is 10.0. The molecule has 0 spiro atoms. The molecule has 190 valence electrons. The highest BCUT2D eigenvalue weighted by molar-refractivity contribution is 5.94. The van der Waals surface area contributed by atoms with E-state index in [0.717, 1.165) is 0 Å². The zero-order valence-electron chi connectivity index (χ0n) is 19.8. The first-order valence-electron chi connectivity index (χ1n) is 11.1. The highest BCUT2D eigenvalue weighted by Crippen LogP contribution is 2.12. The molecule has 4 unspecified atom stereocenters. The summed E-state index contributed by atoms with van der Waals surface area (Å²) < 4.78 is 0. The molecule has 0 aliphatic carbocycles. The largest absolute Gasteiger partial charge is 0.508 e. The number of aromatic amines is 1. The van der Waals surface area contributed by atoms with Gasteiger partial charge in [0.25, 0.3) is 0 Å². The molecule has 0 saturated carbocycles. The van der Waals surface area contributed by atoms with Crippen molar-refractivity contribution in [3.8, 4) is 5.75 Å². The summed E-state index contributed by atoms with van der Waals surface area (Å²) in [4.78, 5) is 56.8. The molecule has 4 atom stereocenters. The molecule has 8 N–H and O–H groups in total. The van der Waals surface area contributed by atoms with Crippen molar-refractivity contribution in [1.29, 1.82) is 0 Å². The van der Waals surface area contributed by atoms with E-state index in [-0.39, 0.29) is 24.5 Å². The third-order valence-electron chi connectivity index (χ3n) is 5.26. The van der Waals surface area contributed by atoms with Crippen LogP contribution in [0.5, 0.6) is 5.75 Å². The molecule has 0 aliphatic heterocycles. The lowest BCUT2D eigenvalue weighted by Crippen LogP contribution is -2.58. The number of carbonyl (C=O) groups is 4. The first-order valence-corrected chi connectivity index (χ1v) is 11.1. The van der Waals surface area contributed by atoms with Crippen molar-refractivity contribution < 1.29 is 29.4 Å². The first-order chi connectivity index (χ1) is 16.5. The third kappa shape index (κ3) is 8.41. The van der Waals surface area contributed by atoms with Gasteiger partial charge in [-0.1, -0.05) is 26.0 Å². The normalized spacial score (nSPS) is 14.4. The van der Waals surface area contributed by atoms with Gasteiger partial charge >= 0.3 is 5.97 Å². The number of hydrogen-bond donors (Lipinski definition) is 7. The number of carboxylic acid groups (broad SMARTS) is 1.